The Morgan fingerprint density at radius 3 is 2.28 bits per heavy atom. The zero-order chi connectivity index (χ0) is 20.2. The number of benzene rings is 2. The molecular weight excluding hydrogens is 362 g/mol. The molecular formula is C24H31N3O2. The smallest absolute Gasteiger partial charge is 0.224 e. The molecule has 5 nitrogen and oxygen atoms in total. The van der Waals surface area contributed by atoms with Crippen molar-refractivity contribution in [1.82, 2.24) is 4.90 Å². The molecule has 2 aromatic rings. The van der Waals surface area contributed by atoms with Gasteiger partial charge in [0.15, 0.2) is 0 Å². The van der Waals surface area contributed by atoms with Crippen molar-refractivity contribution in [3.05, 3.63) is 54.1 Å². The molecule has 5 heteroatoms. The number of nitrogens with one attached hydrogen (secondary N) is 1. The fourth-order valence-electron chi connectivity index (χ4n) is 4.08. The first-order valence-corrected chi connectivity index (χ1v) is 10.7. The molecule has 29 heavy (non-hydrogen) atoms. The highest BCUT2D eigenvalue weighted by Gasteiger charge is 2.31. The van der Waals surface area contributed by atoms with Gasteiger partial charge in [0.05, 0.1) is 7.11 Å². The molecule has 1 unspecified atom stereocenters. The van der Waals surface area contributed by atoms with Crippen LogP contribution in [0.2, 0.25) is 0 Å². The van der Waals surface area contributed by atoms with E-state index < -0.39 is 0 Å². The van der Waals surface area contributed by atoms with Gasteiger partial charge < -0.3 is 15.0 Å². The SMILES string of the molecule is COc1ccc(C(C)CC(=O)Nc2ccc(N3CCN(C4CC4)CC3)cc2)cc1. The van der Waals surface area contributed by atoms with Gasteiger partial charge in [0, 0.05) is 50.0 Å². The summed E-state index contributed by atoms with van der Waals surface area (Å²) in [6, 6.07) is 17.0. The molecule has 1 saturated carbocycles. The Morgan fingerprint density at radius 1 is 1.03 bits per heavy atom. The number of hydrogen-bond donors (Lipinski definition) is 1. The number of amides is 1. The number of piperazine rings is 1. The zero-order valence-corrected chi connectivity index (χ0v) is 17.4. The molecule has 0 aromatic heterocycles. The fourth-order valence-corrected chi connectivity index (χ4v) is 4.08. The predicted octanol–water partition coefficient (Wildman–Crippen LogP) is 4.11. The lowest BCUT2D eigenvalue weighted by Crippen LogP contribution is -2.47. The van der Waals surface area contributed by atoms with E-state index in [2.05, 4.69) is 34.2 Å². The molecule has 1 heterocycles. The van der Waals surface area contributed by atoms with Crippen LogP contribution in [-0.2, 0) is 4.79 Å². The molecule has 1 amide bonds. The van der Waals surface area contributed by atoms with Gasteiger partial charge in [-0.3, -0.25) is 9.69 Å². The maximum absolute atomic E-state index is 12.5. The van der Waals surface area contributed by atoms with E-state index in [1.165, 1.54) is 18.5 Å². The van der Waals surface area contributed by atoms with Crippen molar-refractivity contribution in [2.45, 2.75) is 38.1 Å². The first-order valence-electron chi connectivity index (χ1n) is 10.7. The average molecular weight is 394 g/mol. The minimum absolute atomic E-state index is 0.0408. The fraction of sp³-hybridized carbons (Fsp3) is 0.458. The maximum Gasteiger partial charge on any atom is 0.224 e. The van der Waals surface area contributed by atoms with Crippen molar-refractivity contribution in [2.24, 2.45) is 0 Å². The lowest BCUT2D eigenvalue weighted by molar-refractivity contribution is -0.116. The number of hydrogen-bond acceptors (Lipinski definition) is 4. The van der Waals surface area contributed by atoms with Gasteiger partial charge in [-0.15, -0.1) is 0 Å². The van der Waals surface area contributed by atoms with E-state index >= 15 is 0 Å². The highest BCUT2D eigenvalue weighted by atomic mass is 16.5. The Hall–Kier alpha value is -2.53. The number of rotatable bonds is 7. The second-order valence-corrected chi connectivity index (χ2v) is 8.23. The number of carbonyl (C=O) groups is 1. The number of methoxy groups -OCH3 is 1. The normalized spacial score (nSPS) is 18.3. The first kappa shape index (κ1) is 19.8. The molecule has 0 spiro atoms. The predicted molar refractivity (Wildman–Crippen MR) is 118 cm³/mol. The van der Waals surface area contributed by atoms with Gasteiger partial charge in [-0.05, 0) is 60.7 Å². The molecule has 1 aliphatic carbocycles. The first-order chi connectivity index (χ1) is 14.1. The number of carbonyl (C=O) groups excluding carboxylic acids is 1. The largest absolute Gasteiger partial charge is 0.497 e. The maximum atomic E-state index is 12.5. The van der Waals surface area contributed by atoms with Gasteiger partial charge in [-0.2, -0.15) is 0 Å². The highest BCUT2D eigenvalue weighted by Crippen LogP contribution is 2.29. The second kappa shape index (κ2) is 8.87. The van der Waals surface area contributed by atoms with Gasteiger partial charge in [-0.25, -0.2) is 0 Å². The summed E-state index contributed by atoms with van der Waals surface area (Å²) in [4.78, 5) is 17.5. The number of nitrogens with zero attached hydrogens (tertiary/aromatic N) is 2. The summed E-state index contributed by atoms with van der Waals surface area (Å²) in [5, 5.41) is 3.04. The average Bonchev–Trinajstić information content (AvgIpc) is 3.60. The van der Waals surface area contributed by atoms with Crippen LogP contribution < -0.4 is 15.0 Å². The van der Waals surface area contributed by atoms with Gasteiger partial charge >= 0.3 is 0 Å². The van der Waals surface area contributed by atoms with E-state index in [9.17, 15) is 4.79 Å². The van der Waals surface area contributed by atoms with Crippen LogP contribution in [0.25, 0.3) is 0 Å². The third kappa shape index (κ3) is 5.10. The molecule has 4 rings (SSSR count). The highest BCUT2D eigenvalue weighted by molar-refractivity contribution is 5.91. The summed E-state index contributed by atoms with van der Waals surface area (Å²) < 4.78 is 5.20. The molecule has 2 fully saturated rings. The minimum Gasteiger partial charge on any atom is -0.497 e. The van der Waals surface area contributed by atoms with Gasteiger partial charge in [0.2, 0.25) is 5.91 Å². The van der Waals surface area contributed by atoms with Crippen LogP contribution in [0.4, 0.5) is 11.4 Å². The Balaban J connectivity index is 1.27. The lowest BCUT2D eigenvalue weighted by atomic mass is 9.97. The molecule has 1 atom stereocenters. The monoisotopic (exact) mass is 393 g/mol. The van der Waals surface area contributed by atoms with Crippen LogP contribution in [0.3, 0.4) is 0 Å². The quantitative estimate of drug-likeness (QED) is 0.769. The van der Waals surface area contributed by atoms with Gasteiger partial charge in [0.1, 0.15) is 5.75 Å². The molecule has 2 aliphatic rings. The zero-order valence-electron chi connectivity index (χ0n) is 17.4. The molecule has 2 aromatic carbocycles. The third-order valence-corrected chi connectivity index (χ3v) is 6.07. The Kier molecular flexibility index (Phi) is 6.05. The summed E-state index contributed by atoms with van der Waals surface area (Å²) in [7, 11) is 1.66. The van der Waals surface area contributed by atoms with Gasteiger partial charge in [0.25, 0.3) is 0 Å². The molecule has 0 bridgehead atoms. The van der Waals surface area contributed by atoms with E-state index in [4.69, 9.17) is 4.74 Å². The van der Waals surface area contributed by atoms with Crippen LogP contribution in [0, 0.1) is 0 Å². The van der Waals surface area contributed by atoms with Crippen molar-refractivity contribution in [2.75, 3.05) is 43.5 Å². The third-order valence-electron chi connectivity index (χ3n) is 6.07. The second-order valence-electron chi connectivity index (χ2n) is 8.23. The lowest BCUT2D eigenvalue weighted by Gasteiger charge is -2.36. The van der Waals surface area contributed by atoms with Crippen molar-refractivity contribution in [3.8, 4) is 5.75 Å². The van der Waals surface area contributed by atoms with Crippen molar-refractivity contribution in [1.29, 1.82) is 0 Å². The van der Waals surface area contributed by atoms with E-state index in [1.807, 2.05) is 36.4 Å². The minimum atomic E-state index is 0.0408. The molecule has 1 aliphatic heterocycles. The van der Waals surface area contributed by atoms with E-state index in [-0.39, 0.29) is 11.8 Å². The summed E-state index contributed by atoms with van der Waals surface area (Å²) in [6.07, 6.45) is 3.22. The van der Waals surface area contributed by atoms with Crippen LogP contribution in [0.15, 0.2) is 48.5 Å². The Bertz CT molecular complexity index is 807. The van der Waals surface area contributed by atoms with Crippen molar-refractivity contribution >= 4 is 17.3 Å². The van der Waals surface area contributed by atoms with E-state index in [1.54, 1.807) is 7.11 Å². The summed E-state index contributed by atoms with van der Waals surface area (Å²) in [6.45, 7) is 6.56. The van der Waals surface area contributed by atoms with Crippen molar-refractivity contribution < 1.29 is 9.53 Å². The van der Waals surface area contributed by atoms with E-state index in [0.29, 0.717) is 6.42 Å². The molecule has 1 saturated heterocycles. The molecule has 0 radical (unpaired) electrons. The van der Waals surface area contributed by atoms with Crippen LogP contribution >= 0.6 is 0 Å². The Labute approximate surface area is 173 Å². The van der Waals surface area contributed by atoms with Gasteiger partial charge in [-0.1, -0.05) is 19.1 Å². The Morgan fingerprint density at radius 2 is 1.69 bits per heavy atom. The standard InChI is InChI=1S/C24H31N3O2/c1-18(19-3-11-23(29-2)12-4-19)17-24(28)25-20-5-7-21(8-6-20)26-13-15-27(16-14-26)22-9-10-22/h3-8,11-12,18,22H,9-10,13-17H2,1-2H3,(H,25,28). The van der Waals surface area contributed by atoms with Crippen LogP contribution in [0.5, 0.6) is 5.75 Å². The molecule has 1 N–H and O–H groups in total. The van der Waals surface area contributed by atoms with Crippen LogP contribution in [0.1, 0.15) is 37.7 Å². The number of ether oxygens (including phenoxy) is 1. The summed E-state index contributed by atoms with van der Waals surface area (Å²) >= 11 is 0. The summed E-state index contributed by atoms with van der Waals surface area (Å²) in [5.41, 5.74) is 3.24. The van der Waals surface area contributed by atoms with Crippen LogP contribution in [-0.4, -0.2) is 50.1 Å². The molecule has 154 valence electrons. The topological polar surface area (TPSA) is 44.8 Å². The summed E-state index contributed by atoms with van der Waals surface area (Å²) in [5.74, 6) is 1.03. The van der Waals surface area contributed by atoms with Crippen molar-refractivity contribution in [3.63, 3.8) is 0 Å². The number of anilines is 2. The van der Waals surface area contributed by atoms with E-state index in [0.717, 1.165) is 49.2 Å².